The Kier molecular flexibility index (Phi) is 17.9. The fraction of sp³-hybridized carbons (Fsp3) is 0.706. The van der Waals surface area contributed by atoms with Crippen molar-refractivity contribution >= 4 is 21.9 Å². The second-order valence-corrected chi connectivity index (χ2v) is 18.5. The summed E-state index contributed by atoms with van der Waals surface area (Å²) < 4.78 is 0. The van der Waals surface area contributed by atoms with Crippen molar-refractivity contribution in [3.63, 3.8) is 0 Å². The van der Waals surface area contributed by atoms with E-state index in [0.717, 1.165) is 0 Å². The zero-order chi connectivity index (χ0) is 24.1. The van der Waals surface area contributed by atoms with Crippen molar-refractivity contribution in [2.24, 2.45) is 0 Å². The minimum Gasteiger partial charge on any atom is -0.214 e. The van der Waals surface area contributed by atoms with Gasteiger partial charge in [-0.2, -0.15) is 18.2 Å². The molecule has 1 rings (SSSR count). The van der Waals surface area contributed by atoms with Gasteiger partial charge in [0.05, 0.1) is 0 Å². The summed E-state index contributed by atoms with van der Waals surface area (Å²) in [5.41, 5.74) is 0. The molecule has 0 saturated heterocycles. The van der Waals surface area contributed by atoms with Crippen molar-refractivity contribution in [1.29, 1.82) is 0 Å². The van der Waals surface area contributed by atoms with Crippen molar-refractivity contribution < 1.29 is 60.8 Å². The van der Waals surface area contributed by atoms with Gasteiger partial charge in [-0.3, -0.25) is 0 Å². The summed E-state index contributed by atoms with van der Waals surface area (Å²) in [6.45, 7) is 9.09. The van der Waals surface area contributed by atoms with E-state index in [1.165, 1.54) is 13.8 Å². The van der Waals surface area contributed by atoms with Crippen molar-refractivity contribution in [2.45, 2.75) is 41.5 Å². The van der Waals surface area contributed by atoms with Crippen LogP contribution in [0.3, 0.4) is 0 Å². The maximum Gasteiger partial charge on any atom is 3.00 e. The van der Waals surface area contributed by atoms with E-state index in [4.69, 9.17) is 34.3 Å². The third-order valence-corrected chi connectivity index (χ3v) is 12.1. The molecule has 30 heavy (non-hydrogen) atoms. The van der Waals surface area contributed by atoms with Crippen LogP contribution in [0, 0.1) is 0 Å². The average molecular weight is 542 g/mol. The van der Waals surface area contributed by atoms with E-state index < -0.39 is 21.9 Å². The molecule has 0 amide bonds. The Hall–Kier alpha value is 0.786. The summed E-state index contributed by atoms with van der Waals surface area (Å²) in [6, 6.07) is 10.0. The van der Waals surface area contributed by atoms with Crippen molar-refractivity contribution in [3.8, 4) is 0 Å². The Morgan fingerprint density at radius 1 is 0.567 bits per heavy atom. The Bertz CT molecular complexity index is 432. The quantitative estimate of drug-likeness (QED) is 0.204. The van der Waals surface area contributed by atoms with Gasteiger partial charge in [0, 0.05) is 0 Å². The Morgan fingerprint density at radius 3 is 0.833 bits per heavy atom. The molecule has 0 aliphatic heterocycles. The zero-order valence-corrected chi connectivity index (χ0v) is 22.5. The van der Waals surface area contributed by atoms with Crippen LogP contribution in [0.25, 0.3) is 0 Å². The standard InChI is InChI=1S/C5H5.2C4H13O3P.C4H11O3P.Co/c1-2-4-5-3-1;3*1-3-8(5,6,7)4-2;/h1-5H;2*5-7H,3-4H2,1-2H3;5H,3-4H2,1-2H3;/q-1;;;-2;+3. The van der Waals surface area contributed by atoms with Crippen LogP contribution in [-0.2, 0) is 16.8 Å². The first kappa shape index (κ1) is 38.1. The van der Waals surface area contributed by atoms with E-state index in [1.54, 1.807) is 27.7 Å². The molecule has 0 unspecified atom stereocenters. The minimum absolute atomic E-state index is 0. The molecule has 0 bridgehead atoms. The normalized spacial score (nSPS) is 15.2. The van der Waals surface area contributed by atoms with Gasteiger partial charge in [-0.1, -0.05) is 0 Å². The Labute approximate surface area is 191 Å². The largest absolute Gasteiger partial charge is 3.00 e. The van der Waals surface area contributed by atoms with Gasteiger partial charge in [-0.25, -0.2) is 12.1 Å². The van der Waals surface area contributed by atoms with E-state index in [9.17, 15) is 9.79 Å². The molecule has 9 nitrogen and oxygen atoms in total. The summed E-state index contributed by atoms with van der Waals surface area (Å²) in [6.07, 6.45) is -0.0986. The zero-order valence-electron chi connectivity index (χ0n) is 18.8. The average Bonchev–Trinajstić information content (AvgIpc) is 3.23. The monoisotopic (exact) mass is 542 g/mol. The fourth-order valence-corrected chi connectivity index (χ4v) is 2.33. The first-order valence-corrected chi connectivity index (χ1v) is 16.9. The fourth-order valence-electron chi connectivity index (χ4n) is 0.992. The van der Waals surface area contributed by atoms with Gasteiger partial charge in [-0.05, 0) is 0 Å². The molecule has 0 saturated carbocycles. The molecular formula is C17H42CoO9P3. The van der Waals surface area contributed by atoms with Crippen LogP contribution >= 0.6 is 21.9 Å². The first-order valence-electron chi connectivity index (χ1n) is 9.57. The smallest absolute Gasteiger partial charge is 0.214 e. The number of hydrogen-bond donors (Lipinski definition) is 7. The van der Waals surface area contributed by atoms with E-state index in [1.807, 2.05) is 30.3 Å². The van der Waals surface area contributed by atoms with Crippen molar-refractivity contribution in [1.82, 2.24) is 0 Å². The van der Waals surface area contributed by atoms with E-state index in [0.29, 0.717) is 0 Å². The van der Waals surface area contributed by atoms with Gasteiger partial charge in [0.2, 0.25) is 0 Å². The molecule has 1 aromatic rings. The molecule has 0 heterocycles. The minimum atomic E-state index is -4.60. The third-order valence-electron chi connectivity index (χ3n) is 4.39. The molecule has 0 spiro atoms. The molecule has 0 aromatic heterocycles. The molecule has 7 N–H and O–H groups in total. The maximum atomic E-state index is 10.5. The van der Waals surface area contributed by atoms with E-state index in [-0.39, 0.29) is 53.8 Å². The van der Waals surface area contributed by atoms with Gasteiger partial charge >= 0.3 is 161 Å². The summed E-state index contributed by atoms with van der Waals surface area (Å²) >= 11 is 0. The predicted octanol–water partition coefficient (Wildman–Crippen LogP) is 1.04. The summed E-state index contributed by atoms with van der Waals surface area (Å²) in [5.74, 6) is 0. The van der Waals surface area contributed by atoms with Crippen molar-refractivity contribution in [3.05, 3.63) is 30.3 Å². The van der Waals surface area contributed by atoms with Crippen LogP contribution < -0.4 is 9.79 Å². The third kappa shape index (κ3) is 25.1. The summed E-state index contributed by atoms with van der Waals surface area (Å²) in [5, 5.41) is 0. The van der Waals surface area contributed by atoms with Crippen LogP contribution in [-0.4, -0.2) is 71.2 Å². The second-order valence-electron chi connectivity index (χ2n) is 6.80. The van der Waals surface area contributed by atoms with Gasteiger partial charge in [0.1, 0.15) is 0 Å². The summed E-state index contributed by atoms with van der Waals surface area (Å²) in [7, 11) is -12.8. The van der Waals surface area contributed by atoms with Gasteiger partial charge in [-0.15, -0.1) is 0 Å². The van der Waals surface area contributed by atoms with Gasteiger partial charge in [0.15, 0.2) is 0 Å². The molecule has 0 fully saturated rings. The van der Waals surface area contributed by atoms with E-state index >= 15 is 0 Å². The molecule has 0 aliphatic carbocycles. The van der Waals surface area contributed by atoms with Crippen LogP contribution in [0.15, 0.2) is 30.3 Å². The SMILES string of the molecule is CCP(O)(O)(O)CC.CCP(O)(O)(O)CC.CCP([O-])([O-])(O)CC.[Co+3].c1cc[cH-]c1. The molecular weight excluding hydrogens is 500 g/mol. The predicted molar refractivity (Wildman–Crippen MR) is 122 cm³/mol. The van der Waals surface area contributed by atoms with Crippen LogP contribution in [0.2, 0.25) is 0 Å². The van der Waals surface area contributed by atoms with Crippen LogP contribution in [0.4, 0.5) is 0 Å². The first-order chi connectivity index (χ1) is 12.7. The molecule has 13 heteroatoms. The van der Waals surface area contributed by atoms with Crippen molar-refractivity contribution in [2.75, 3.05) is 37.0 Å². The molecule has 0 radical (unpaired) electrons. The van der Waals surface area contributed by atoms with Gasteiger partial charge < -0.3 is 0 Å². The summed E-state index contributed by atoms with van der Waals surface area (Å²) in [4.78, 5) is 82.7. The van der Waals surface area contributed by atoms with Crippen LogP contribution in [0.1, 0.15) is 41.5 Å². The number of rotatable bonds is 6. The number of hydrogen-bond acceptors (Lipinski definition) is 9. The molecule has 0 atom stereocenters. The van der Waals surface area contributed by atoms with E-state index in [2.05, 4.69) is 0 Å². The topological polar surface area (TPSA) is 188 Å². The van der Waals surface area contributed by atoms with Gasteiger partial charge in [0.25, 0.3) is 0 Å². The molecule has 0 aliphatic rings. The second kappa shape index (κ2) is 14.1. The van der Waals surface area contributed by atoms with Crippen LogP contribution in [0.5, 0.6) is 0 Å². The maximum absolute atomic E-state index is 10.5. The Morgan fingerprint density at radius 2 is 0.800 bits per heavy atom. The molecule has 188 valence electrons. The Balaban J connectivity index is -0.000000150. The molecule has 1 aromatic carbocycles.